The molecule has 0 spiro atoms. The van der Waals surface area contributed by atoms with E-state index in [1.54, 1.807) is 18.3 Å². The maximum atomic E-state index is 10.5. The predicted octanol–water partition coefficient (Wildman–Crippen LogP) is -0.432. The first-order valence-corrected chi connectivity index (χ1v) is 3.64. The fraction of sp³-hybridized carbons (Fsp3) is 0.250. The average Bonchev–Trinajstić information content (AvgIpc) is 2.05. The van der Waals surface area contributed by atoms with Crippen molar-refractivity contribution in [2.45, 2.75) is 13.0 Å². The number of rotatable bonds is 3. The third kappa shape index (κ3) is 2.32. The molecule has 4 N–H and O–H groups in total. The van der Waals surface area contributed by atoms with Crippen molar-refractivity contribution >= 4 is 5.91 Å². The molecule has 0 aliphatic heterocycles. The van der Waals surface area contributed by atoms with E-state index >= 15 is 0 Å². The largest absolute Gasteiger partial charge is 0.369 e. The second-order valence-electron chi connectivity index (χ2n) is 2.50. The molecule has 0 atom stereocenters. The number of hydrogen-bond donors (Lipinski definition) is 2. The monoisotopic (exact) mass is 165 g/mol. The third-order valence-electron chi connectivity index (χ3n) is 1.47. The van der Waals surface area contributed by atoms with Crippen molar-refractivity contribution in [3.8, 4) is 0 Å². The van der Waals surface area contributed by atoms with Crippen LogP contribution in [-0.2, 0) is 17.8 Å². The van der Waals surface area contributed by atoms with Crippen LogP contribution in [0.2, 0.25) is 0 Å². The molecule has 0 unspecified atom stereocenters. The highest BCUT2D eigenvalue weighted by Crippen LogP contribution is 1.99. The number of amides is 1. The molecule has 1 aromatic rings. The minimum absolute atomic E-state index is 0.234. The van der Waals surface area contributed by atoms with Crippen molar-refractivity contribution in [2.24, 2.45) is 11.5 Å². The lowest BCUT2D eigenvalue weighted by molar-refractivity contribution is -0.117. The van der Waals surface area contributed by atoms with Gasteiger partial charge in [0.25, 0.3) is 0 Å². The lowest BCUT2D eigenvalue weighted by atomic mass is 10.2. The van der Waals surface area contributed by atoms with E-state index in [2.05, 4.69) is 4.98 Å². The van der Waals surface area contributed by atoms with Crippen LogP contribution in [0.15, 0.2) is 18.3 Å². The van der Waals surface area contributed by atoms with Crippen LogP contribution in [-0.4, -0.2) is 10.9 Å². The summed E-state index contributed by atoms with van der Waals surface area (Å²) in [6.45, 7) is 0.414. The normalized spacial score (nSPS) is 9.75. The van der Waals surface area contributed by atoms with Gasteiger partial charge in [0.1, 0.15) is 0 Å². The number of primary amides is 1. The Bertz CT molecular complexity index is 268. The Morgan fingerprint density at radius 2 is 2.25 bits per heavy atom. The molecule has 4 nitrogen and oxygen atoms in total. The van der Waals surface area contributed by atoms with E-state index in [-0.39, 0.29) is 12.3 Å². The summed E-state index contributed by atoms with van der Waals surface area (Å²) in [6.07, 6.45) is 1.85. The Labute approximate surface area is 70.6 Å². The molecule has 0 saturated heterocycles. The van der Waals surface area contributed by atoms with Crippen LogP contribution in [0, 0.1) is 0 Å². The summed E-state index contributed by atoms with van der Waals surface area (Å²) in [4.78, 5) is 14.5. The maximum Gasteiger partial charge on any atom is 0.221 e. The summed E-state index contributed by atoms with van der Waals surface area (Å²) in [5, 5.41) is 0. The van der Waals surface area contributed by atoms with Gasteiger partial charge in [-0.1, -0.05) is 6.07 Å². The molecule has 1 amide bonds. The molecule has 0 fully saturated rings. The molecular weight excluding hydrogens is 154 g/mol. The smallest absolute Gasteiger partial charge is 0.221 e. The predicted molar refractivity (Wildman–Crippen MR) is 45.0 cm³/mol. The molecule has 1 aromatic heterocycles. The summed E-state index contributed by atoms with van der Waals surface area (Å²) < 4.78 is 0. The number of carbonyl (C=O) groups is 1. The van der Waals surface area contributed by atoms with E-state index in [9.17, 15) is 4.79 Å². The zero-order valence-electron chi connectivity index (χ0n) is 6.66. The van der Waals surface area contributed by atoms with Crippen LogP contribution >= 0.6 is 0 Å². The van der Waals surface area contributed by atoms with E-state index in [0.717, 1.165) is 11.3 Å². The summed E-state index contributed by atoms with van der Waals surface area (Å²) in [5.74, 6) is -0.350. The van der Waals surface area contributed by atoms with Crippen LogP contribution in [0.25, 0.3) is 0 Å². The summed E-state index contributed by atoms with van der Waals surface area (Å²) in [7, 11) is 0. The van der Waals surface area contributed by atoms with Crippen molar-refractivity contribution < 1.29 is 4.79 Å². The number of pyridine rings is 1. The number of hydrogen-bond acceptors (Lipinski definition) is 3. The SMILES string of the molecule is NCc1ccc(CC(N)=O)cn1. The molecule has 1 heterocycles. The van der Waals surface area contributed by atoms with Gasteiger partial charge in [0.05, 0.1) is 12.1 Å². The molecule has 0 saturated carbocycles. The van der Waals surface area contributed by atoms with Gasteiger partial charge in [0.15, 0.2) is 0 Å². The number of nitrogens with zero attached hydrogens (tertiary/aromatic N) is 1. The molecule has 4 heteroatoms. The highest BCUT2D eigenvalue weighted by molar-refractivity contribution is 5.76. The van der Waals surface area contributed by atoms with Crippen molar-refractivity contribution in [3.63, 3.8) is 0 Å². The molecule has 0 radical (unpaired) electrons. The number of nitrogens with two attached hydrogens (primary N) is 2. The van der Waals surface area contributed by atoms with Crippen LogP contribution in [0.3, 0.4) is 0 Å². The average molecular weight is 165 g/mol. The van der Waals surface area contributed by atoms with Crippen molar-refractivity contribution in [3.05, 3.63) is 29.6 Å². The van der Waals surface area contributed by atoms with E-state index in [1.165, 1.54) is 0 Å². The van der Waals surface area contributed by atoms with Gasteiger partial charge in [-0.05, 0) is 11.6 Å². The van der Waals surface area contributed by atoms with Crippen LogP contribution in [0.1, 0.15) is 11.3 Å². The fourth-order valence-electron chi connectivity index (χ4n) is 0.882. The first-order chi connectivity index (χ1) is 5.72. The van der Waals surface area contributed by atoms with E-state index in [4.69, 9.17) is 11.5 Å². The first kappa shape index (κ1) is 8.67. The van der Waals surface area contributed by atoms with Gasteiger partial charge >= 0.3 is 0 Å². The Morgan fingerprint density at radius 3 is 2.67 bits per heavy atom. The number of aromatic nitrogens is 1. The van der Waals surface area contributed by atoms with E-state index in [0.29, 0.717) is 6.54 Å². The molecule has 12 heavy (non-hydrogen) atoms. The van der Waals surface area contributed by atoms with Gasteiger partial charge in [-0.15, -0.1) is 0 Å². The Morgan fingerprint density at radius 1 is 1.50 bits per heavy atom. The van der Waals surface area contributed by atoms with Gasteiger partial charge in [0.2, 0.25) is 5.91 Å². The molecule has 0 bridgehead atoms. The third-order valence-corrected chi connectivity index (χ3v) is 1.47. The van der Waals surface area contributed by atoms with Gasteiger partial charge in [-0.2, -0.15) is 0 Å². The number of carbonyl (C=O) groups excluding carboxylic acids is 1. The van der Waals surface area contributed by atoms with Crippen LogP contribution in [0.4, 0.5) is 0 Å². The van der Waals surface area contributed by atoms with Crippen molar-refractivity contribution in [1.29, 1.82) is 0 Å². The second-order valence-corrected chi connectivity index (χ2v) is 2.50. The van der Waals surface area contributed by atoms with E-state index < -0.39 is 0 Å². The maximum absolute atomic E-state index is 10.5. The molecule has 0 aromatic carbocycles. The Balaban J connectivity index is 2.71. The molecule has 1 rings (SSSR count). The first-order valence-electron chi connectivity index (χ1n) is 3.64. The van der Waals surface area contributed by atoms with Crippen molar-refractivity contribution in [1.82, 2.24) is 4.98 Å². The van der Waals surface area contributed by atoms with Crippen LogP contribution in [0.5, 0.6) is 0 Å². The zero-order valence-corrected chi connectivity index (χ0v) is 6.66. The van der Waals surface area contributed by atoms with E-state index in [1.807, 2.05) is 0 Å². The standard InChI is InChI=1S/C8H11N3O/c9-4-7-2-1-6(5-11-7)3-8(10)12/h1-2,5H,3-4,9H2,(H2,10,12). The lowest BCUT2D eigenvalue weighted by Gasteiger charge is -1.98. The minimum atomic E-state index is -0.350. The Kier molecular flexibility index (Phi) is 2.76. The lowest BCUT2D eigenvalue weighted by Crippen LogP contribution is -2.13. The highest BCUT2D eigenvalue weighted by atomic mass is 16.1. The van der Waals surface area contributed by atoms with Crippen LogP contribution < -0.4 is 11.5 Å². The molecule has 0 aliphatic carbocycles. The van der Waals surface area contributed by atoms with Gasteiger partial charge in [-0.3, -0.25) is 9.78 Å². The van der Waals surface area contributed by atoms with Gasteiger partial charge in [0, 0.05) is 12.7 Å². The molecule has 64 valence electrons. The fourth-order valence-corrected chi connectivity index (χ4v) is 0.882. The minimum Gasteiger partial charge on any atom is -0.369 e. The Hall–Kier alpha value is -1.42. The van der Waals surface area contributed by atoms with Gasteiger partial charge in [-0.25, -0.2) is 0 Å². The van der Waals surface area contributed by atoms with Crippen molar-refractivity contribution in [2.75, 3.05) is 0 Å². The highest BCUT2D eigenvalue weighted by Gasteiger charge is 1.98. The molecule has 0 aliphatic rings. The summed E-state index contributed by atoms with van der Waals surface area (Å²) >= 11 is 0. The zero-order chi connectivity index (χ0) is 8.97. The topological polar surface area (TPSA) is 82.0 Å². The quantitative estimate of drug-likeness (QED) is 0.637. The van der Waals surface area contributed by atoms with Gasteiger partial charge < -0.3 is 11.5 Å². The molecular formula is C8H11N3O. The second kappa shape index (κ2) is 3.82. The summed E-state index contributed by atoms with van der Waals surface area (Å²) in [5.41, 5.74) is 12.0. The summed E-state index contributed by atoms with van der Waals surface area (Å²) in [6, 6.07) is 3.60.